The van der Waals surface area contributed by atoms with Crippen LogP contribution in [0.25, 0.3) is 0 Å². The monoisotopic (exact) mass is 420 g/mol. The van der Waals surface area contributed by atoms with Crippen molar-refractivity contribution in [2.24, 2.45) is 17.4 Å². The number of primary amides is 1. The molecule has 0 aliphatic heterocycles. The van der Waals surface area contributed by atoms with Crippen LogP contribution < -0.4 is 22.1 Å². The number of carbonyl (C=O) groups is 4. The maximum Gasteiger partial charge on any atom is 0.328 e. The molecule has 0 unspecified atom stereocenters. The van der Waals surface area contributed by atoms with Crippen LogP contribution in [0.2, 0.25) is 0 Å². The molecule has 0 radical (unpaired) electrons. The van der Waals surface area contributed by atoms with Gasteiger partial charge >= 0.3 is 5.97 Å². The molecule has 0 saturated carbocycles. The number of nitrogens with two attached hydrogens (primary N) is 2. The zero-order valence-electron chi connectivity index (χ0n) is 17.7. The predicted molar refractivity (Wildman–Crippen MR) is 112 cm³/mol. The average molecular weight is 421 g/mol. The lowest BCUT2D eigenvalue weighted by atomic mass is 10.0. The van der Waals surface area contributed by atoms with Gasteiger partial charge in [0.15, 0.2) is 0 Å². The maximum absolute atomic E-state index is 12.9. The lowest BCUT2D eigenvalue weighted by molar-refractivity contribution is -0.145. The van der Waals surface area contributed by atoms with E-state index in [-0.39, 0.29) is 25.2 Å². The molecule has 0 aliphatic carbocycles. The van der Waals surface area contributed by atoms with E-state index in [4.69, 9.17) is 16.2 Å². The number of nitrogens with one attached hydrogen (secondary N) is 2. The summed E-state index contributed by atoms with van der Waals surface area (Å²) in [7, 11) is 1.18. The van der Waals surface area contributed by atoms with Crippen molar-refractivity contribution in [3.63, 3.8) is 0 Å². The maximum atomic E-state index is 12.9. The minimum atomic E-state index is -1.06. The normalized spacial score (nSPS) is 13.8. The fourth-order valence-corrected chi connectivity index (χ4v) is 2.90. The molecule has 30 heavy (non-hydrogen) atoms. The Labute approximate surface area is 176 Å². The standard InChI is InChI=1S/C21H32N4O5/c1-13(2)11-15(22)19(27)25-17(12-14-7-5-4-6-8-14)20(28)24-16(21(29)30-3)9-10-18(23)26/h4-8,13,15-17H,9-12,22H2,1-3H3,(H2,23,26)(H,24,28)(H,25,27)/t15-,16-,17-/m0/s1. The third kappa shape index (κ3) is 9.04. The van der Waals surface area contributed by atoms with E-state index in [1.54, 1.807) is 0 Å². The van der Waals surface area contributed by atoms with Gasteiger partial charge in [0.05, 0.1) is 13.2 Å². The van der Waals surface area contributed by atoms with Gasteiger partial charge in [-0.3, -0.25) is 14.4 Å². The molecule has 3 atom stereocenters. The van der Waals surface area contributed by atoms with Crippen LogP contribution in [-0.4, -0.2) is 48.9 Å². The summed E-state index contributed by atoms with van der Waals surface area (Å²) in [4.78, 5) is 48.5. The van der Waals surface area contributed by atoms with E-state index in [0.717, 1.165) is 5.56 Å². The number of benzene rings is 1. The van der Waals surface area contributed by atoms with E-state index in [1.165, 1.54) is 7.11 Å². The van der Waals surface area contributed by atoms with E-state index in [0.29, 0.717) is 6.42 Å². The molecule has 0 aromatic heterocycles. The summed E-state index contributed by atoms with van der Waals surface area (Å²) in [5.41, 5.74) is 11.9. The van der Waals surface area contributed by atoms with Crippen LogP contribution in [0.4, 0.5) is 0 Å². The molecule has 0 bridgehead atoms. The highest BCUT2D eigenvalue weighted by molar-refractivity contribution is 5.92. The lowest BCUT2D eigenvalue weighted by Crippen LogP contribution is -2.55. The molecule has 9 heteroatoms. The van der Waals surface area contributed by atoms with Crippen molar-refractivity contribution in [1.29, 1.82) is 0 Å². The topological polar surface area (TPSA) is 154 Å². The van der Waals surface area contributed by atoms with Gasteiger partial charge in [0, 0.05) is 12.8 Å². The molecule has 166 valence electrons. The third-order valence-electron chi connectivity index (χ3n) is 4.46. The van der Waals surface area contributed by atoms with Gasteiger partial charge in [-0.25, -0.2) is 4.79 Å². The Morgan fingerprint density at radius 3 is 2.13 bits per heavy atom. The largest absolute Gasteiger partial charge is 0.467 e. The zero-order chi connectivity index (χ0) is 22.7. The van der Waals surface area contributed by atoms with Crippen molar-refractivity contribution >= 4 is 23.7 Å². The molecule has 6 N–H and O–H groups in total. The minimum Gasteiger partial charge on any atom is -0.467 e. The fraction of sp³-hybridized carbons (Fsp3) is 0.524. The van der Waals surface area contributed by atoms with Gasteiger partial charge in [-0.1, -0.05) is 44.2 Å². The van der Waals surface area contributed by atoms with Gasteiger partial charge in [0.25, 0.3) is 0 Å². The number of esters is 1. The highest BCUT2D eigenvalue weighted by atomic mass is 16.5. The van der Waals surface area contributed by atoms with E-state index in [1.807, 2.05) is 44.2 Å². The van der Waals surface area contributed by atoms with Gasteiger partial charge in [0.1, 0.15) is 12.1 Å². The van der Waals surface area contributed by atoms with Crippen LogP contribution in [0.1, 0.15) is 38.7 Å². The lowest BCUT2D eigenvalue weighted by Gasteiger charge is -2.24. The first-order valence-corrected chi connectivity index (χ1v) is 9.90. The Bertz CT molecular complexity index is 723. The molecule has 1 aromatic carbocycles. The van der Waals surface area contributed by atoms with Crippen molar-refractivity contribution < 1.29 is 23.9 Å². The number of hydrogen-bond acceptors (Lipinski definition) is 6. The highest BCUT2D eigenvalue weighted by Gasteiger charge is 2.29. The predicted octanol–water partition coefficient (Wildman–Crippen LogP) is 0.0106. The molecule has 0 spiro atoms. The van der Waals surface area contributed by atoms with Crippen molar-refractivity contribution in [1.82, 2.24) is 10.6 Å². The molecule has 0 heterocycles. The van der Waals surface area contributed by atoms with Gasteiger partial charge in [-0.2, -0.15) is 0 Å². The first kappa shape index (κ1) is 25.1. The van der Waals surface area contributed by atoms with Crippen molar-refractivity contribution in [3.05, 3.63) is 35.9 Å². The molecule has 0 fully saturated rings. The summed E-state index contributed by atoms with van der Waals surface area (Å²) in [6.07, 6.45) is 0.563. The van der Waals surface area contributed by atoms with Crippen LogP contribution in [0, 0.1) is 5.92 Å². The van der Waals surface area contributed by atoms with Gasteiger partial charge < -0.3 is 26.8 Å². The summed E-state index contributed by atoms with van der Waals surface area (Å²) in [6, 6.07) is 6.35. The third-order valence-corrected chi connectivity index (χ3v) is 4.46. The number of amides is 3. The molecule has 0 saturated heterocycles. The SMILES string of the molecule is COC(=O)[C@H](CCC(N)=O)NC(=O)[C@H](Cc1ccccc1)NC(=O)[C@@H](N)CC(C)C. The first-order valence-electron chi connectivity index (χ1n) is 9.90. The highest BCUT2D eigenvalue weighted by Crippen LogP contribution is 2.08. The molecule has 3 amide bonds. The second-order valence-corrected chi connectivity index (χ2v) is 7.58. The Morgan fingerprint density at radius 1 is 1.00 bits per heavy atom. The number of hydrogen-bond donors (Lipinski definition) is 4. The Morgan fingerprint density at radius 2 is 1.60 bits per heavy atom. The second-order valence-electron chi connectivity index (χ2n) is 7.58. The summed E-state index contributed by atoms with van der Waals surface area (Å²) >= 11 is 0. The van der Waals surface area contributed by atoms with E-state index in [9.17, 15) is 19.2 Å². The average Bonchev–Trinajstić information content (AvgIpc) is 2.69. The molecule has 0 aliphatic rings. The van der Waals surface area contributed by atoms with E-state index in [2.05, 4.69) is 10.6 Å². The number of rotatable bonds is 12. The quantitative estimate of drug-likeness (QED) is 0.349. The molecule has 1 aromatic rings. The van der Waals surface area contributed by atoms with Gasteiger partial charge in [0.2, 0.25) is 17.7 Å². The number of ether oxygens (including phenoxy) is 1. The number of methoxy groups -OCH3 is 1. The Balaban J connectivity index is 2.97. The zero-order valence-corrected chi connectivity index (χ0v) is 17.7. The van der Waals surface area contributed by atoms with Crippen LogP contribution in [0.5, 0.6) is 0 Å². The Kier molecular flexibility index (Phi) is 10.5. The van der Waals surface area contributed by atoms with Gasteiger partial charge in [-0.05, 0) is 24.3 Å². The van der Waals surface area contributed by atoms with Crippen LogP contribution >= 0.6 is 0 Å². The van der Waals surface area contributed by atoms with Crippen molar-refractivity contribution in [2.75, 3.05) is 7.11 Å². The summed E-state index contributed by atoms with van der Waals surface area (Å²) in [6.45, 7) is 3.89. The van der Waals surface area contributed by atoms with Gasteiger partial charge in [-0.15, -0.1) is 0 Å². The van der Waals surface area contributed by atoms with Crippen LogP contribution in [0.15, 0.2) is 30.3 Å². The summed E-state index contributed by atoms with van der Waals surface area (Å²) in [5.74, 6) is -2.13. The fourth-order valence-electron chi connectivity index (χ4n) is 2.90. The van der Waals surface area contributed by atoms with Crippen LogP contribution in [0.3, 0.4) is 0 Å². The summed E-state index contributed by atoms with van der Waals surface area (Å²) in [5, 5.41) is 5.23. The van der Waals surface area contributed by atoms with E-state index >= 15 is 0 Å². The summed E-state index contributed by atoms with van der Waals surface area (Å²) < 4.78 is 4.69. The Hall–Kier alpha value is -2.94. The first-order chi connectivity index (χ1) is 14.1. The molecule has 1 rings (SSSR count). The molecule has 9 nitrogen and oxygen atoms in total. The molecular formula is C21H32N4O5. The van der Waals surface area contributed by atoms with Crippen LogP contribution in [-0.2, 0) is 30.3 Å². The molecular weight excluding hydrogens is 388 g/mol. The van der Waals surface area contributed by atoms with E-state index < -0.39 is 41.8 Å². The minimum absolute atomic E-state index is 0.00733. The smallest absolute Gasteiger partial charge is 0.328 e. The second kappa shape index (κ2) is 12.6. The van der Waals surface area contributed by atoms with Crippen molar-refractivity contribution in [2.45, 2.75) is 57.7 Å². The number of carbonyl (C=O) groups excluding carboxylic acids is 4. The van der Waals surface area contributed by atoms with Crippen molar-refractivity contribution in [3.8, 4) is 0 Å².